The third-order valence-electron chi connectivity index (χ3n) is 4.17. The van der Waals surface area contributed by atoms with Crippen molar-refractivity contribution in [2.24, 2.45) is 11.1 Å². The number of amides is 1. The third-order valence-corrected chi connectivity index (χ3v) is 4.66. The summed E-state index contributed by atoms with van der Waals surface area (Å²) in [6, 6.07) is 4.90. The lowest BCUT2D eigenvalue weighted by Gasteiger charge is -2.38. The molecular weight excluding hydrogens is 275 g/mol. The lowest BCUT2D eigenvalue weighted by molar-refractivity contribution is 0.0665. The largest absolute Gasteiger partial charge is 0.393 e. The van der Waals surface area contributed by atoms with Gasteiger partial charge in [0.05, 0.1) is 10.6 Å². The van der Waals surface area contributed by atoms with Crippen molar-refractivity contribution in [3.8, 4) is 0 Å². The summed E-state index contributed by atoms with van der Waals surface area (Å²) in [6.07, 6.45) is 1.45. The Balaban J connectivity index is 2.13. The molecule has 0 atom stereocenters. The van der Waals surface area contributed by atoms with Crippen LogP contribution in [0.3, 0.4) is 0 Å². The summed E-state index contributed by atoms with van der Waals surface area (Å²) < 4.78 is 14.0. The molecule has 108 valence electrons. The van der Waals surface area contributed by atoms with Gasteiger partial charge in [0.2, 0.25) is 0 Å². The Morgan fingerprint density at radius 1 is 1.40 bits per heavy atom. The van der Waals surface area contributed by atoms with Crippen LogP contribution in [0.1, 0.15) is 35.7 Å². The van der Waals surface area contributed by atoms with E-state index in [1.165, 1.54) is 6.07 Å². The highest BCUT2D eigenvalue weighted by Crippen LogP contribution is 2.32. The maximum atomic E-state index is 14.0. The molecular formula is C15H19FN2OS. The lowest BCUT2D eigenvalue weighted by Crippen LogP contribution is -2.46. The number of thiocarbonyl (C=S) groups is 1. The van der Waals surface area contributed by atoms with Crippen LogP contribution in [0.15, 0.2) is 18.2 Å². The van der Waals surface area contributed by atoms with Gasteiger partial charge in [-0.2, -0.15) is 0 Å². The predicted molar refractivity (Wildman–Crippen MR) is 81.2 cm³/mol. The molecule has 0 spiro atoms. The maximum absolute atomic E-state index is 14.0. The van der Waals surface area contributed by atoms with Crippen molar-refractivity contribution < 1.29 is 9.18 Å². The van der Waals surface area contributed by atoms with Crippen LogP contribution in [0.4, 0.5) is 4.39 Å². The Labute approximate surface area is 123 Å². The first-order valence-corrected chi connectivity index (χ1v) is 7.10. The SMILES string of the molecule is Cc1cccc(C(=O)N2CCC(C)(C(N)=S)CC2)c1F. The second-order valence-corrected chi connectivity index (χ2v) is 6.09. The summed E-state index contributed by atoms with van der Waals surface area (Å²) in [6.45, 7) is 4.79. The molecule has 0 radical (unpaired) electrons. The van der Waals surface area contributed by atoms with Crippen LogP contribution in [-0.4, -0.2) is 28.9 Å². The molecule has 5 heteroatoms. The Kier molecular flexibility index (Phi) is 4.09. The Morgan fingerprint density at radius 3 is 2.55 bits per heavy atom. The first kappa shape index (κ1) is 14.9. The molecule has 1 aromatic rings. The number of piperidine rings is 1. The fourth-order valence-electron chi connectivity index (χ4n) is 2.43. The van der Waals surface area contributed by atoms with Gasteiger partial charge in [-0.15, -0.1) is 0 Å². The molecule has 0 saturated carbocycles. The minimum absolute atomic E-state index is 0.143. The number of benzene rings is 1. The summed E-state index contributed by atoms with van der Waals surface area (Å²) in [5.74, 6) is -0.684. The minimum atomic E-state index is -0.430. The van der Waals surface area contributed by atoms with Gasteiger partial charge < -0.3 is 10.6 Å². The summed E-state index contributed by atoms with van der Waals surface area (Å²) in [5.41, 5.74) is 6.18. The average Bonchev–Trinajstić information content (AvgIpc) is 2.42. The van der Waals surface area contributed by atoms with E-state index in [2.05, 4.69) is 0 Å². The first-order chi connectivity index (χ1) is 9.35. The second-order valence-electron chi connectivity index (χ2n) is 5.65. The number of hydrogen-bond donors (Lipinski definition) is 1. The highest BCUT2D eigenvalue weighted by atomic mass is 32.1. The molecule has 1 aromatic carbocycles. The number of halogens is 1. The van der Waals surface area contributed by atoms with Gasteiger partial charge in [-0.3, -0.25) is 4.79 Å². The molecule has 0 aromatic heterocycles. The zero-order chi connectivity index (χ0) is 14.9. The van der Waals surface area contributed by atoms with Crippen molar-refractivity contribution in [1.82, 2.24) is 4.90 Å². The smallest absolute Gasteiger partial charge is 0.256 e. The summed E-state index contributed by atoms with van der Waals surface area (Å²) in [4.78, 5) is 14.5. The van der Waals surface area contributed by atoms with Crippen LogP contribution in [0.25, 0.3) is 0 Å². The third kappa shape index (κ3) is 2.68. The maximum Gasteiger partial charge on any atom is 0.256 e. The van der Waals surface area contributed by atoms with Crippen molar-refractivity contribution in [2.45, 2.75) is 26.7 Å². The molecule has 2 N–H and O–H groups in total. The van der Waals surface area contributed by atoms with Crippen LogP contribution < -0.4 is 5.73 Å². The number of carbonyl (C=O) groups is 1. The fourth-order valence-corrected chi connectivity index (χ4v) is 2.64. The molecule has 3 nitrogen and oxygen atoms in total. The molecule has 1 aliphatic rings. The molecule has 0 aliphatic carbocycles. The predicted octanol–water partition coefficient (Wildman–Crippen LogP) is 2.66. The average molecular weight is 294 g/mol. The van der Waals surface area contributed by atoms with E-state index in [0.29, 0.717) is 23.6 Å². The number of likely N-dealkylation sites (tertiary alicyclic amines) is 1. The number of hydrogen-bond acceptors (Lipinski definition) is 2. The fraction of sp³-hybridized carbons (Fsp3) is 0.467. The van der Waals surface area contributed by atoms with Gasteiger partial charge >= 0.3 is 0 Å². The monoisotopic (exact) mass is 294 g/mol. The molecule has 0 bridgehead atoms. The van der Waals surface area contributed by atoms with Crippen LogP contribution >= 0.6 is 12.2 Å². The zero-order valence-corrected chi connectivity index (χ0v) is 12.6. The zero-order valence-electron chi connectivity index (χ0n) is 11.8. The van der Waals surface area contributed by atoms with E-state index in [1.807, 2.05) is 6.92 Å². The normalized spacial score (nSPS) is 17.9. The molecule has 1 aliphatic heterocycles. The Bertz CT molecular complexity index is 551. The lowest BCUT2D eigenvalue weighted by atomic mass is 9.80. The number of carbonyl (C=O) groups excluding carboxylic acids is 1. The molecule has 1 saturated heterocycles. The summed E-state index contributed by atoms with van der Waals surface area (Å²) in [7, 11) is 0. The van der Waals surface area contributed by atoms with Crippen LogP contribution in [0.5, 0.6) is 0 Å². The van der Waals surface area contributed by atoms with Crippen molar-refractivity contribution in [1.29, 1.82) is 0 Å². The van der Waals surface area contributed by atoms with Crippen molar-refractivity contribution in [3.05, 3.63) is 35.1 Å². The molecule has 0 unspecified atom stereocenters. The van der Waals surface area contributed by atoms with Gasteiger partial charge in [0.15, 0.2) is 0 Å². The van der Waals surface area contributed by atoms with Gasteiger partial charge in [-0.25, -0.2) is 4.39 Å². The number of rotatable bonds is 2. The van der Waals surface area contributed by atoms with E-state index in [4.69, 9.17) is 18.0 Å². The molecule has 1 amide bonds. The first-order valence-electron chi connectivity index (χ1n) is 6.69. The van der Waals surface area contributed by atoms with E-state index in [1.54, 1.807) is 24.0 Å². The van der Waals surface area contributed by atoms with Gasteiger partial charge in [0, 0.05) is 18.5 Å². The van der Waals surface area contributed by atoms with E-state index >= 15 is 0 Å². The van der Waals surface area contributed by atoms with Crippen molar-refractivity contribution >= 4 is 23.1 Å². The molecule has 2 rings (SSSR count). The van der Waals surface area contributed by atoms with E-state index in [9.17, 15) is 9.18 Å². The Morgan fingerprint density at radius 2 is 2.00 bits per heavy atom. The topological polar surface area (TPSA) is 46.3 Å². The minimum Gasteiger partial charge on any atom is -0.393 e. The number of nitrogens with zero attached hydrogens (tertiary/aromatic N) is 1. The highest BCUT2D eigenvalue weighted by Gasteiger charge is 2.34. The quantitative estimate of drug-likeness (QED) is 0.853. The van der Waals surface area contributed by atoms with E-state index < -0.39 is 5.82 Å². The van der Waals surface area contributed by atoms with Gasteiger partial charge in [0.1, 0.15) is 5.82 Å². The molecule has 20 heavy (non-hydrogen) atoms. The van der Waals surface area contributed by atoms with E-state index in [-0.39, 0.29) is 16.9 Å². The molecule has 1 fully saturated rings. The van der Waals surface area contributed by atoms with Crippen molar-refractivity contribution in [2.75, 3.05) is 13.1 Å². The molecule has 1 heterocycles. The van der Waals surface area contributed by atoms with Crippen LogP contribution in [0, 0.1) is 18.2 Å². The summed E-state index contributed by atoms with van der Waals surface area (Å²) in [5, 5.41) is 0. The van der Waals surface area contributed by atoms with E-state index in [0.717, 1.165) is 12.8 Å². The van der Waals surface area contributed by atoms with Crippen molar-refractivity contribution in [3.63, 3.8) is 0 Å². The number of aryl methyl sites for hydroxylation is 1. The van der Waals surface area contributed by atoms with Gasteiger partial charge in [-0.05, 0) is 31.4 Å². The van der Waals surface area contributed by atoms with Gasteiger partial charge in [-0.1, -0.05) is 31.3 Å². The Hall–Kier alpha value is -1.49. The number of nitrogens with two attached hydrogens (primary N) is 1. The summed E-state index contributed by atoms with van der Waals surface area (Å²) >= 11 is 5.08. The van der Waals surface area contributed by atoms with Crippen LogP contribution in [-0.2, 0) is 0 Å². The standard InChI is InChI=1S/C15H19FN2OS/c1-10-4-3-5-11(12(10)16)13(19)18-8-6-15(2,7-9-18)14(17)20/h3-5H,6-9H2,1-2H3,(H2,17,20). The second kappa shape index (κ2) is 5.48. The van der Waals surface area contributed by atoms with Gasteiger partial charge in [0.25, 0.3) is 5.91 Å². The highest BCUT2D eigenvalue weighted by molar-refractivity contribution is 7.80. The van der Waals surface area contributed by atoms with Crippen LogP contribution in [0.2, 0.25) is 0 Å².